The maximum atomic E-state index is 13.0. The number of carbonyl (C=O) groups excluding carboxylic acids is 1. The fraction of sp³-hybridized carbons (Fsp3) is 0.412. The highest BCUT2D eigenvalue weighted by Crippen LogP contribution is 2.17. The Kier molecular flexibility index (Phi) is 5.92. The third-order valence-corrected chi connectivity index (χ3v) is 3.38. The molecule has 1 atom stereocenters. The van der Waals surface area contributed by atoms with Crippen LogP contribution in [0.25, 0.3) is 0 Å². The predicted octanol–water partition coefficient (Wildman–Crippen LogP) is 3.35. The van der Waals surface area contributed by atoms with E-state index in [0.29, 0.717) is 23.7 Å². The van der Waals surface area contributed by atoms with Crippen LogP contribution in [0.3, 0.4) is 0 Å². The molecule has 1 aromatic carbocycles. The maximum Gasteiger partial charge on any atom is 0.323 e. The topological polar surface area (TPSA) is 78.6 Å². The quantitative estimate of drug-likeness (QED) is 0.848. The molecule has 1 aromatic heterocycles. The van der Waals surface area contributed by atoms with E-state index in [4.69, 9.17) is 4.52 Å². The molecule has 24 heavy (non-hydrogen) atoms. The van der Waals surface area contributed by atoms with Gasteiger partial charge in [0, 0.05) is 12.6 Å². The Balaban J connectivity index is 2.06. The summed E-state index contributed by atoms with van der Waals surface area (Å²) in [7, 11) is 0. The van der Waals surface area contributed by atoms with Crippen molar-refractivity contribution in [2.75, 3.05) is 18.4 Å². The number of amides is 2. The first kappa shape index (κ1) is 17.9. The van der Waals surface area contributed by atoms with Gasteiger partial charge >= 0.3 is 6.03 Å². The Labute approximate surface area is 140 Å². The molecule has 0 saturated heterocycles. The third-order valence-electron chi connectivity index (χ3n) is 3.38. The summed E-state index contributed by atoms with van der Waals surface area (Å²) in [5, 5.41) is 16.7. The smallest absolute Gasteiger partial charge is 0.323 e. The molecular weight excluding hydrogens is 313 g/mol. The zero-order chi connectivity index (χ0) is 17.7. The van der Waals surface area contributed by atoms with Gasteiger partial charge in [-0.25, -0.2) is 9.18 Å². The Morgan fingerprint density at radius 2 is 2.00 bits per heavy atom. The molecule has 0 aliphatic rings. The van der Waals surface area contributed by atoms with Crippen LogP contribution in [0.5, 0.6) is 0 Å². The highest BCUT2D eigenvalue weighted by atomic mass is 19.1. The van der Waals surface area contributed by atoms with Crippen molar-refractivity contribution in [2.24, 2.45) is 5.92 Å². The molecule has 0 spiro atoms. The van der Waals surface area contributed by atoms with Gasteiger partial charge in [0.05, 0.1) is 12.6 Å². The first-order chi connectivity index (χ1) is 11.3. The normalized spacial score (nSPS) is 12.2. The van der Waals surface area contributed by atoms with Crippen molar-refractivity contribution < 1.29 is 18.8 Å². The molecule has 1 unspecified atom stereocenters. The van der Waals surface area contributed by atoms with E-state index in [1.54, 1.807) is 13.0 Å². The van der Waals surface area contributed by atoms with Gasteiger partial charge in [0.1, 0.15) is 11.6 Å². The second-order valence-electron chi connectivity index (χ2n) is 6.12. The number of carbonyl (C=O) groups is 1. The molecule has 0 radical (unpaired) electrons. The van der Waals surface area contributed by atoms with Crippen molar-refractivity contribution in [1.82, 2.24) is 10.1 Å². The number of aliphatic hydroxyl groups is 1. The van der Waals surface area contributed by atoms with Gasteiger partial charge in [-0.15, -0.1) is 0 Å². The van der Waals surface area contributed by atoms with Gasteiger partial charge in [-0.1, -0.05) is 31.1 Å². The van der Waals surface area contributed by atoms with Crippen LogP contribution in [0.15, 0.2) is 34.9 Å². The number of rotatable bonds is 6. The van der Waals surface area contributed by atoms with Crippen molar-refractivity contribution in [2.45, 2.75) is 26.9 Å². The highest BCUT2D eigenvalue weighted by Gasteiger charge is 2.20. The number of anilines is 1. The van der Waals surface area contributed by atoms with Crippen LogP contribution in [-0.4, -0.2) is 34.3 Å². The van der Waals surface area contributed by atoms with Crippen LogP contribution >= 0.6 is 0 Å². The van der Waals surface area contributed by atoms with E-state index in [2.05, 4.69) is 10.5 Å². The summed E-state index contributed by atoms with van der Waals surface area (Å²) in [4.78, 5) is 13.9. The van der Waals surface area contributed by atoms with Crippen molar-refractivity contribution >= 4 is 11.8 Å². The largest absolute Gasteiger partial charge is 0.387 e. The summed E-state index contributed by atoms with van der Waals surface area (Å²) in [5.41, 5.74) is 0.551. The van der Waals surface area contributed by atoms with E-state index in [1.807, 2.05) is 13.8 Å². The van der Waals surface area contributed by atoms with Gasteiger partial charge in [-0.2, -0.15) is 0 Å². The lowest BCUT2D eigenvalue weighted by atomic mass is 10.1. The molecule has 0 fully saturated rings. The lowest BCUT2D eigenvalue weighted by molar-refractivity contribution is 0.121. The Morgan fingerprint density at radius 3 is 2.54 bits per heavy atom. The van der Waals surface area contributed by atoms with Crippen molar-refractivity contribution in [3.05, 3.63) is 47.5 Å². The minimum Gasteiger partial charge on any atom is -0.387 e. The van der Waals surface area contributed by atoms with Gasteiger partial charge in [-0.05, 0) is 30.5 Å². The molecule has 2 N–H and O–H groups in total. The molecule has 0 bridgehead atoms. The number of nitrogens with zero attached hydrogens (tertiary/aromatic N) is 2. The molecule has 0 saturated carbocycles. The minimum absolute atomic E-state index is 0.0898. The second-order valence-corrected chi connectivity index (χ2v) is 6.12. The average Bonchev–Trinajstić information content (AvgIpc) is 2.91. The fourth-order valence-corrected chi connectivity index (χ4v) is 2.29. The van der Waals surface area contributed by atoms with Crippen molar-refractivity contribution in [3.8, 4) is 0 Å². The molecule has 2 rings (SSSR count). The number of aliphatic hydroxyl groups excluding tert-OH is 1. The summed E-state index contributed by atoms with van der Waals surface area (Å²) < 4.78 is 17.9. The van der Waals surface area contributed by atoms with Crippen LogP contribution < -0.4 is 5.32 Å². The van der Waals surface area contributed by atoms with E-state index in [1.165, 1.54) is 29.2 Å². The number of halogens is 1. The minimum atomic E-state index is -0.908. The van der Waals surface area contributed by atoms with E-state index >= 15 is 0 Å². The number of hydrogen-bond acceptors (Lipinski definition) is 4. The van der Waals surface area contributed by atoms with Crippen LogP contribution in [-0.2, 0) is 0 Å². The molecule has 0 aliphatic carbocycles. The predicted molar refractivity (Wildman–Crippen MR) is 88.0 cm³/mol. The monoisotopic (exact) mass is 335 g/mol. The lowest BCUT2D eigenvalue weighted by Crippen LogP contribution is -2.40. The summed E-state index contributed by atoms with van der Waals surface area (Å²) in [6, 6.07) is 6.81. The molecule has 7 heteroatoms. The zero-order valence-electron chi connectivity index (χ0n) is 14.0. The standard InChI is InChI=1S/C17H22FN3O3/c1-11(2)9-21(17(23)19-16-8-12(3)24-20-16)10-15(22)13-4-6-14(18)7-5-13/h4-8,11,15,22H,9-10H2,1-3H3,(H,19,20,23). The summed E-state index contributed by atoms with van der Waals surface area (Å²) in [6.07, 6.45) is -0.908. The van der Waals surface area contributed by atoms with Crippen molar-refractivity contribution in [3.63, 3.8) is 0 Å². The number of nitrogens with one attached hydrogen (secondary N) is 1. The number of urea groups is 1. The maximum absolute atomic E-state index is 13.0. The summed E-state index contributed by atoms with van der Waals surface area (Å²) in [5.74, 6) is 0.758. The van der Waals surface area contributed by atoms with Gasteiger partial charge in [0.25, 0.3) is 0 Å². The Morgan fingerprint density at radius 1 is 1.33 bits per heavy atom. The van der Waals surface area contributed by atoms with Crippen LogP contribution in [0.4, 0.5) is 15.0 Å². The average molecular weight is 335 g/mol. The number of hydrogen-bond donors (Lipinski definition) is 2. The fourth-order valence-electron chi connectivity index (χ4n) is 2.29. The molecule has 6 nitrogen and oxygen atoms in total. The van der Waals surface area contributed by atoms with E-state index < -0.39 is 6.10 Å². The second kappa shape index (κ2) is 7.92. The Bertz CT molecular complexity index is 670. The van der Waals surface area contributed by atoms with E-state index in [9.17, 15) is 14.3 Å². The van der Waals surface area contributed by atoms with Crippen molar-refractivity contribution in [1.29, 1.82) is 0 Å². The third kappa shape index (κ3) is 5.06. The number of aryl methyl sites for hydroxylation is 1. The SMILES string of the molecule is Cc1cc(NC(=O)N(CC(C)C)CC(O)c2ccc(F)cc2)no1. The Hall–Kier alpha value is -2.41. The lowest BCUT2D eigenvalue weighted by Gasteiger charge is -2.27. The van der Waals surface area contributed by atoms with Gasteiger partial charge < -0.3 is 14.5 Å². The first-order valence-corrected chi connectivity index (χ1v) is 7.78. The summed E-state index contributed by atoms with van der Waals surface area (Å²) in [6.45, 7) is 6.23. The summed E-state index contributed by atoms with van der Waals surface area (Å²) >= 11 is 0. The molecule has 1 heterocycles. The molecule has 130 valence electrons. The van der Waals surface area contributed by atoms with Gasteiger partial charge in [0.15, 0.2) is 5.82 Å². The van der Waals surface area contributed by atoms with Gasteiger partial charge in [0.2, 0.25) is 0 Å². The van der Waals surface area contributed by atoms with E-state index in [0.717, 1.165) is 0 Å². The molecule has 2 amide bonds. The first-order valence-electron chi connectivity index (χ1n) is 7.78. The van der Waals surface area contributed by atoms with Gasteiger partial charge in [-0.3, -0.25) is 5.32 Å². The van der Waals surface area contributed by atoms with Crippen LogP contribution in [0.1, 0.15) is 31.3 Å². The van der Waals surface area contributed by atoms with E-state index in [-0.39, 0.29) is 24.3 Å². The number of aromatic nitrogens is 1. The zero-order valence-corrected chi connectivity index (χ0v) is 14.0. The molecular formula is C17H22FN3O3. The molecule has 2 aromatic rings. The van der Waals surface area contributed by atoms with Crippen LogP contribution in [0, 0.1) is 18.7 Å². The highest BCUT2D eigenvalue weighted by molar-refractivity contribution is 5.88. The number of benzene rings is 1. The van der Waals surface area contributed by atoms with Crippen LogP contribution in [0.2, 0.25) is 0 Å². The molecule has 0 aliphatic heterocycles.